The lowest BCUT2D eigenvalue weighted by atomic mass is 10.1. The molecular formula is C24H32FN3O3S. The van der Waals surface area contributed by atoms with Gasteiger partial charge in [0.05, 0.1) is 4.90 Å². The summed E-state index contributed by atoms with van der Waals surface area (Å²) in [4.78, 5) is 17.0. The van der Waals surface area contributed by atoms with Gasteiger partial charge < -0.3 is 9.80 Å². The van der Waals surface area contributed by atoms with Crippen LogP contribution in [0.3, 0.4) is 0 Å². The average molecular weight is 462 g/mol. The Morgan fingerprint density at radius 1 is 1.06 bits per heavy atom. The molecule has 0 radical (unpaired) electrons. The lowest BCUT2D eigenvalue weighted by Gasteiger charge is -2.32. The fourth-order valence-electron chi connectivity index (χ4n) is 3.92. The maximum atomic E-state index is 14.2. The van der Waals surface area contributed by atoms with Crippen molar-refractivity contribution in [3.8, 4) is 0 Å². The second kappa shape index (κ2) is 10.6. The molecule has 0 N–H and O–H groups in total. The maximum Gasteiger partial charge on any atom is 0.254 e. The third kappa shape index (κ3) is 5.74. The summed E-state index contributed by atoms with van der Waals surface area (Å²) >= 11 is 0. The van der Waals surface area contributed by atoms with Crippen molar-refractivity contribution >= 4 is 15.9 Å². The Balaban J connectivity index is 1.81. The van der Waals surface area contributed by atoms with Crippen LogP contribution in [0.1, 0.15) is 42.1 Å². The summed E-state index contributed by atoms with van der Waals surface area (Å²) in [6.07, 6.45) is 2.75. The third-order valence-electron chi connectivity index (χ3n) is 5.87. The van der Waals surface area contributed by atoms with Crippen molar-refractivity contribution in [2.45, 2.75) is 43.7 Å². The summed E-state index contributed by atoms with van der Waals surface area (Å²) in [6.45, 7) is 3.64. The minimum absolute atomic E-state index is 0.0302. The first-order valence-corrected chi connectivity index (χ1v) is 12.4. The second-order valence-electron chi connectivity index (χ2n) is 8.61. The number of carbonyl (C=O) groups excluding carboxylic acids is 1. The zero-order valence-electron chi connectivity index (χ0n) is 19.0. The van der Waals surface area contributed by atoms with E-state index in [1.54, 1.807) is 39.5 Å². The molecule has 1 atom stereocenters. The summed E-state index contributed by atoms with van der Waals surface area (Å²) in [5.74, 6) is -0.613. The molecule has 0 saturated carbocycles. The van der Waals surface area contributed by atoms with Crippen LogP contribution in [0.25, 0.3) is 0 Å². The largest absolute Gasteiger partial charge is 0.333 e. The Morgan fingerprint density at radius 2 is 1.75 bits per heavy atom. The van der Waals surface area contributed by atoms with Crippen LogP contribution in [0.15, 0.2) is 53.4 Å². The first kappa shape index (κ1) is 24.4. The Labute approximate surface area is 190 Å². The number of piperidine rings is 1. The first-order valence-electron chi connectivity index (χ1n) is 11.0. The van der Waals surface area contributed by atoms with Crippen molar-refractivity contribution in [1.29, 1.82) is 0 Å². The van der Waals surface area contributed by atoms with Crippen molar-refractivity contribution in [2.75, 3.05) is 33.7 Å². The second-order valence-corrected chi connectivity index (χ2v) is 10.5. The van der Waals surface area contributed by atoms with Crippen molar-refractivity contribution in [1.82, 2.24) is 14.1 Å². The maximum absolute atomic E-state index is 14.2. The van der Waals surface area contributed by atoms with Gasteiger partial charge in [-0.3, -0.25) is 4.79 Å². The van der Waals surface area contributed by atoms with Crippen molar-refractivity contribution in [3.05, 3.63) is 65.5 Å². The van der Waals surface area contributed by atoms with E-state index in [1.807, 2.05) is 25.9 Å². The van der Waals surface area contributed by atoms with Gasteiger partial charge in [-0.2, -0.15) is 4.31 Å². The van der Waals surface area contributed by atoms with Gasteiger partial charge in [-0.25, -0.2) is 12.8 Å². The van der Waals surface area contributed by atoms with E-state index in [1.165, 1.54) is 18.2 Å². The molecule has 1 aliphatic heterocycles. The number of hydrogen-bond donors (Lipinski definition) is 0. The van der Waals surface area contributed by atoms with E-state index in [0.717, 1.165) is 19.3 Å². The molecule has 1 fully saturated rings. The molecular weight excluding hydrogens is 429 g/mol. The molecule has 1 aliphatic rings. The Kier molecular flexibility index (Phi) is 8.03. The van der Waals surface area contributed by atoms with Crippen molar-refractivity contribution < 1.29 is 17.6 Å². The van der Waals surface area contributed by atoms with Gasteiger partial charge in [-0.15, -0.1) is 0 Å². The van der Waals surface area contributed by atoms with E-state index in [4.69, 9.17) is 0 Å². The topological polar surface area (TPSA) is 60.9 Å². The number of hydrogen-bond acceptors (Lipinski definition) is 4. The smallest absolute Gasteiger partial charge is 0.254 e. The van der Waals surface area contributed by atoms with E-state index >= 15 is 0 Å². The number of rotatable bonds is 8. The number of nitrogens with zero attached hydrogens (tertiary/aromatic N) is 3. The van der Waals surface area contributed by atoms with Gasteiger partial charge in [-0.05, 0) is 64.2 Å². The van der Waals surface area contributed by atoms with E-state index in [2.05, 4.69) is 0 Å². The van der Waals surface area contributed by atoms with Crippen LogP contribution in [-0.2, 0) is 16.6 Å². The Bertz CT molecular complexity index is 1030. The van der Waals surface area contributed by atoms with Crippen LogP contribution in [0, 0.1) is 5.82 Å². The quantitative estimate of drug-likeness (QED) is 0.603. The van der Waals surface area contributed by atoms with E-state index < -0.39 is 10.0 Å². The average Bonchev–Trinajstić information content (AvgIpc) is 2.77. The molecule has 0 bridgehead atoms. The summed E-state index contributed by atoms with van der Waals surface area (Å²) in [7, 11) is 0.222. The summed E-state index contributed by atoms with van der Waals surface area (Å²) in [5.41, 5.74) is 0.823. The van der Waals surface area contributed by atoms with E-state index in [0.29, 0.717) is 30.8 Å². The van der Waals surface area contributed by atoms with Gasteiger partial charge in [0.1, 0.15) is 5.82 Å². The summed E-state index contributed by atoms with van der Waals surface area (Å²) in [6, 6.07) is 12.5. The van der Waals surface area contributed by atoms with Crippen LogP contribution in [0.5, 0.6) is 0 Å². The molecule has 0 aromatic heterocycles. The summed E-state index contributed by atoms with van der Waals surface area (Å²) < 4.78 is 41.8. The molecule has 0 aliphatic carbocycles. The normalized spacial score (nSPS) is 17.5. The monoisotopic (exact) mass is 461 g/mol. The fourth-order valence-corrected chi connectivity index (χ4v) is 5.62. The number of carbonyl (C=O) groups is 1. The van der Waals surface area contributed by atoms with Gasteiger partial charge in [0.2, 0.25) is 10.0 Å². The predicted molar refractivity (Wildman–Crippen MR) is 123 cm³/mol. The number of benzene rings is 2. The molecule has 1 saturated heterocycles. The van der Waals surface area contributed by atoms with Crippen LogP contribution in [0.2, 0.25) is 0 Å². The minimum atomic E-state index is -3.60. The molecule has 6 nitrogen and oxygen atoms in total. The Morgan fingerprint density at radius 3 is 2.38 bits per heavy atom. The highest BCUT2D eigenvalue weighted by Gasteiger charge is 2.31. The van der Waals surface area contributed by atoms with Gasteiger partial charge in [-0.1, -0.05) is 24.6 Å². The molecule has 8 heteroatoms. The minimum Gasteiger partial charge on any atom is -0.333 e. The number of likely N-dealkylation sites (N-methyl/N-ethyl adjacent to an activating group) is 1. The molecule has 2 aromatic rings. The predicted octanol–water partition coefficient (Wildman–Crippen LogP) is 3.59. The molecule has 174 valence electrons. The van der Waals surface area contributed by atoms with Crippen LogP contribution < -0.4 is 0 Å². The van der Waals surface area contributed by atoms with E-state index in [-0.39, 0.29) is 29.2 Å². The zero-order chi connectivity index (χ0) is 23.3. The van der Waals surface area contributed by atoms with Crippen LogP contribution in [0.4, 0.5) is 4.39 Å². The molecule has 3 rings (SSSR count). The summed E-state index contributed by atoms with van der Waals surface area (Å²) in [5, 5.41) is 0. The number of sulfonamides is 1. The first-order chi connectivity index (χ1) is 15.2. The van der Waals surface area contributed by atoms with Gasteiger partial charge in [0.25, 0.3) is 5.91 Å². The number of halogens is 1. The Hall–Kier alpha value is -2.29. The van der Waals surface area contributed by atoms with Crippen molar-refractivity contribution in [2.24, 2.45) is 0 Å². The lowest BCUT2D eigenvalue weighted by molar-refractivity contribution is 0.0730. The van der Waals surface area contributed by atoms with Gasteiger partial charge in [0.15, 0.2) is 0 Å². The van der Waals surface area contributed by atoms with Gasteiger partial charge >= 0.3 is 0 Å². The number of amides is 1. The van der Waals surface area contributed by atoms with Crippen LogP contribution >= 0.6 is 0 Å². The van der Waals surface area contributed by atoms with Crippen molar-refractivity contribution in [3.63, 3.8) is 0 Å². The highest BCUT2D eigenvalue weighted by Crippen LogP contribution is 2.25. The molecule has 1 amide bonds. The molecule has 2 aromatic carbocycles. The standard InChI is InChI=1S/C24H32FN3O3S/c1-19-8-6-7-15-28(19)32(30,31)22-13-11-20(12-14-22)24(29)27(17-16-26(2)3)18-21-9-4-5-10-23(21)25/h4-5,9-14,19H,6-8,15-18H2,1-3H3. The SMILES string of the molecule is CC1CCCCN1S(=O)(=O)c1ccc(C(=O)N(CCN(C)C)Cc2ccccc2F)cc1. The molecule has 1 heterocycles. The van der Waals surface area contributed by atoms with Gasteiger partial charge in [0, 0.05) is 43.3 Å². The highest BCUT2D eigenvalue weighted by molar-refractivity contribution is 7.89. The fraction of sp³-hybridized carbons (Fsp3) is 0.458. The van der Waals surface area contributed by atoms with Crippen LogP contribution in [-0.4, -0.2) is 68.2 Å². The lowest BCUT2D eigenvalue weighted by Crippen LogP contribution is -2.41. The molecule has 32 heavy (non-hydrogen) atoms. The zero-order valence-corrected chi connectivity index (χ0v) is 19.8. The van der Waals surface area contributed by atoms with E-state index in [9.17, 15) is 17.6 Å². The molecule has 1 unspecified atom stereocenters. The molecule has 0 spiro atoms. The highest BCUT2D eigenvalue weighted by atomic mass is 32.2. The third-order valence-corrected chi connectivity index (χ3v) is 7.90.